The molecule has 2 fully saturated rings. The van der Waals surface area contributed by atoms with Gasteiger partial charge in [-0.1, -0.05) is 42.1 Å². The molecule has 1 aromatic heterocycles. The van der Waals surface area contributed by atoms with Crippen LogP contribution in [0.3, 0.4) is 0 Å². The van der Waals surface area contributed by atoms with Crippen molar-refractivity contribution in [3.8, 4) is 11.3 Å². The quantitative estimate of drug-likeness (QED) is 0.771. The maximum Gasteiger partial charge on any atom is 0.233 e. The van der Waals surface area contributed by atoms with Crippen LogP contribution in [0.1, 0.15) is 25.8 Å². The second-order valence-corrected chi connectivity index (χ2v) is 7.65. The lowest BCUT2D eigenvalue weighted by Crippen LogP contribution is -2.45. The van der Waals surface area contributed by atoms with Crippen molar-refractivity contribution >= 4 is 17.7 Å². The Hall–Kier alpha value is -1.79. The summed E-state index contributed by atoms with van der Waals surface area (Å²) >= 11 is 1.55. The molecule has 1 amide bonds. The van der Waals surface area contributed by atoms with E-state index in [1.54, 1.807) is 11.8 Å². The Morgan fingerprint density at radius 1 is 1.32 bits per heavy atom. The molecule has 2 aliphatic rings. The normalized spacial score (nSPS) is 20.7. The SMILES string of the molecule is CC1CN(C(=O)CSc2ncc(-c3ccccc3)n2C2CC2)CCO1. The van der Waals surface area contributed by atoms with Crippen molar-refractivity contribution < 1.29 is 9.53 Å². The van der Waals surface area contributed by atoms with Crippen molar-refractivity contribution in [3.63, 3.8) is 0 Å². The molecule has 1 saturated carbocycles. The molecule has 1 atom stereocenters. The van der Waals surface area contributed by atoms with E-state index < -0.39 is 0 Å². The molecule has 0 bridgehead atoms. The van der Waals surface area contributed by atoms with Gasteiger partial charge in [0.05, 0.1) is 30.4 Å². The van der Waals surface area contributed by atoms with Crippen LogP contribution in [-0.4, -0.2) is 51.9 Å². The van der Waals surface area contributed by atoms with Gasteiger partial charge in [-0.3, -0.25) is 4.79 Å². The van der Waals surface area contributed by atoms with E-state index in [1.807, 2.05) is 24.1 Å². The van der Waals surface area contributed by atoms with Gasteiger partial charge in [0.25, 0.3) is 0 Å². The first kappa shape index (κ1) is 16.7. The van der Waals surface area contributed by atoms with Gasteiger partial charge >= 0.3 is 0 Å². The summed E-state index contributed by atoms with van der Waals surface area (Å²) in [6.45, 7) is 4.02. The van der Waals surface area contributed by atoms with Crippen molar-refractivity contribution in [3.05, 3.63) is 36.5 Å². The molecule has 4 rings (SSSR count). The number of ether oxygens (including phenoxy) is 1. The van der Waals surface area contributed by atoms with Crippen molar-refractivity contribution in [1.82, 2.24) is 14.5 Å². The van der Waals surface area contributed by atoms with E-state index in [1.165, 1.54) is 18.4 Å². The lowest BCUT2D eigenvalue weighted by Gasteiger charge is -2.31. The third-order valence-electron chi connectivity index (χ3n) is 4.66. The highest BCUT2D eigenvalue weighted by Crippen LogP contribution is 2.41. The van der Waals surface area contributed by atoms with Crippen molar-refractivity contribution in [1.29, 1.82) is 0 Å². The number of amides is 1. The molecule has 2 heterocycles. The Morgan fingerprint density at radius 2 is 2.12 bits per heavy atom. The summed E-state index contributed by atoms with van der Waals surface area (Å²) in [4.78, 5) is 19.0. The van der Waals surface area contributed by atoms with Crippen molar-refractivity contribution in [2.75, 3.05) is 25.4 Å². The minimum atomic E-state index is 0.126. The molecule has 0 N–H and O–H groups in total. The zero-order valence-corrected chi connectivity index (χ0v) is 15.2. The Morgan fingerprint density at radius 3 is 2.84 bits per heavy atom. The first-order valence-corrected chi connectivity index (χ1v) is 9.86. The zero-order chi connectivity index (χ0) is 17.2. The van der Waals surface area contributed by atoms with Gasteiger partial charge in [-0.15, -0.1) is 0 Å². The number of imidazole rings is 1. The topological polar surface area (TPSA) is 47.4 Å². The largest absolute Gasteiger partial charge is 0.375 e. The summed E-state index contributed by atoms with van der Waals surface area (Å²) in [5, 5.41) is 0.955. The molecule has 5 nitrogen and oxygen atoms in total. The van der Waals surface area contributed by atoms with E-state index in [4.69, 9.17) is 4.74 Å². The highest BCUT2D eigenvalue weighted by atomic mass is 32.2. The Balaban J connectivity index is 1.48. The van der Waals surface area contributed by atoms with Crippen LogP contribution >= 0.6 is 11.8 Å². The van der Waals surface area contributed by atoms with Gasteiger partial charge in [0, 0.05) is 19.1 Å². The lowest BCUT2D eigenvalue weighted by molar-refractivity contribution is -0.135. The second-order valence-electron chi connectivity index (χ2n) is 6.70. The number of benzene rings is 1. The molecular weight excluding hydrogens is 334 g/mol. The van der Waals surface area contributed by atoms with Crippen LogP contribution in [-0.2, 0) is 9.53 Å². The minimum absolute atomic E-state index is 0.126. The fraction of sp³-hybridized carbons (Fsp3) is 0.474. The Kier molecular flexibility index (Phi) is 4.81. The highest BCUT2D eigenvalue weighted by Gasteiger charge is 2.29. The molecule has 2 aromatic rings. The zero-order valence-electron chi connectivity index (χ0n) is 14.4. The number of hydrogen-bond donors (Lipinski definition) is 0. The van der Waals surface area contributed by atoms with E-state index in [9.17, 15) is 4.79 Å². The Labute approximate surface area is 152 Å². The minimum Gasteiger partial charge on any atom is -0.375 e. The van der Waals surface area contributed by atoms with E-state index in [0.717, 1.165) is 10.9 Å². The van der Waals surface area contributed by atoms with Crippen LogP contribution in [0.2, 0.25) is 0 Å². The van der Waals surface area contributed by atoms with Gasteiger partial charge in [-0.2, -0.15) is 0 Å². The molecule has 6 heteroatoms. The molecule has 132 valence electrons. The fourth-order valence-corrected chi connectivity index (χ4v) is 4.17. The van der Waals surface area contributed by atoms with Gasteiger partial charge in [0.1, 0.15) is 0 Å². The number of carbonyl (C=O) groups excluding carboxylic acids is 1. The summed E-state index contributed by atoms with van der Waals surface area (Å²) in [6.07, 6.45) is 4.45. The molecule has 1 saturated heterocycles. The lowest BCUT2D eigenvalue weighted by atomic mass is 10.2. The van der Waals surface area contributed by atoms with Crippen molar-refractivity contribution in [2.45, 2.75) is 37.1 Å². The maximum atomic E-state index is 12.5. The fourth-order valence-electron chi connectivity index (χ4n) is 3.22. The molecule has 1 aliphatic heterocycles. The number of aromatic nitrogens is 2. The highest BCUT2D eigenvalue weighted by molar-refractivity contribution is 7.99. The number of hydrogen-bond acceptors (Lipinski definition) is 4. The number of rotatable bonds is 5. The van der Waals surface area contributed by atoms with Crippen LogP contribution in [0.25, 0.3) is 11.3 Å². The molecule has 0 spiro atoms. The monoisotopic (exact) mass is 357 g/mol. The number of thioether (sulfide) groups is 1. The smallest absolute Gasteiger partial charge is 0.233 e. The van der Waals surface area contributed by atoms with Crippen molar-refractivity contribution in [2.24, 2.45) is 0 Å². The molecule has 0 radical (unpaired) electrons. The van der Waals surface area contributed by atoms with Crippen LogP contribution in [0, 0.1) is 0 Å². The van der Waals surface area contributed by atoms with Gasteiger partial charge in [0.15, 0.2) is 5.16 Å². The summed E-state index contributed by atoms with van der Waals surface area (Å²) in [6, 6.07) is 10.9. The number of carbonyl (C=O) groups is 1. The van der Waals surface area contributed by atoms with Gasteiger partial charge in [-0.25, -0.2) is 4.98 Å². The Bertz CT molecular complexity index is 742. The first-order chi connectivity index (χ1) is 12.2. The van der Waals surface area contributed by atoms with Gasteiger partial charge < -0.3 is 14.2 Å². The molecule has 25 heavy (non-hydrogen) atoms. The average Bonchev–Trinajstić information content (AvgIpc) is 3.39. The van der Waals surface area contributed by atoms with Crippen LogP contribution in [0.5, 0.6) is 0 Å². The second kappa shape index (κ2) is 7.22. The van der Waals surface area contributed by atoms with E-state index in [2.05, 4.69) is 33.8 Å². The number of morpholine rings is 1. The molecule has 1 aliphatic carbocycles. The summed E-state index contributed by atoms with van der Waals surface area (Å²) in [5.41, 5.74) is 2.33. The average molecular weight is 357 g/mol. The molecule has 1 aromatic carbocycles. The predicted molar refractivity (Wildman–Crippen MR) is 98.7 cm³/mol. The summed E-state index contributed by atoms with van der Waals surface area (Å²) in [5.74, 6) is 0.608. The third kappa shape index (κ3) is 3.75. The van der Waals surface area contributed by atoms with Crippen LogP contribution in [0.15, 0.2) is 41.7 Å². The maximum absolute atomic E-state index is 12.5. The molecular formula is C19H23N3O2S. The van der Waals surface area contributed by atoms with E-state index in [0.29, 0.717) is 31.5 Å². The third-order valence-corrected chi connectivity index (χ3v) is 5.61. The number of nitrogens with zero attached hydrogens (tertiary/aromatic N) is 3. The van der Waals surface area contributed by atoms with Crippen LogP contribution in [0.4, 0.5) is 0 Å². The van der Waals surface area contributed by atoms with Gasteiger partial charge in [0.2, 0.25) is 5.91 Å². The van der Waals surface area contributed by atoms with Gasteiger partial charge in [-0.05, 0) is 25.3 Å². The summed E-state index contributed by atoms with van der Waals surface area (Å²) < 4.78 is 7.83. The van der Waals surface area contributed by atoms with E-state index >= 15 is 0 Å². The molecule has 1 unspecified atom stereocenters. The first-order valence-electron chi connectivity index (χ1n) is 8.87. The predicted octanol–water partition coefficient (Wildman–Crippen LogP) is 3.22. The standard InChI is InChI=1S/C19H23N3O2S/c1-14-12-21(9-10-24-14)18(23)13-25-19-20-11-17(22(19)16-7-8-16)15-5-3-2-4-6-15/h2-6,11,14,16H,7-10,12-13H2,1H3. The van der Waals surface area contributed by atoms with E-state index in [-0.39, 0.29) is 12.0 Å². The summed E-state index contributed by atoms with van der Waals surface area (Å²) in [7, 11) is 0. The van der Waals surface area contributed by atoms with Crippen LogP contribution < -0.4 is 0 Å².